The molecule has 2 unspecified atom stereocenters. The minimum atomic E-state index is -0.380. The topological polar surface area (TPSA) is 64.4 Å². The molecule has 1 fully saturated rings. The highest BCUT2D eigenvalue weighted by atomic mass is 16.6. The maximum absolute atomic E-state index is 11.1. The zero-order valence-corrected chi connectivity index (χ0v) is 13.0. The van der Waals surface area contributed by atoms with E-state index in [9.17, 15) is 10.1 Å². The van der Waals surface area contributed by atoms with Gasteiger partial charge in [0.15, 0.2) is 5.75 Å². The molecule has 116 valence electrons. The smallest absolute Gasteiger partial charge is 0.310 e. The van der Waals surface area contributed by atoms with Crippen LogP contribution in [0.1, 0.15) is 40.0 Å². The molecule has 1 aromatic rings. The highest BCUT2D eigenvalue weighted by Crippen LogP contribution is 2.49. The second-order valence-electron chi connectivity index (χ2n) is 5.62. The Morgan fingerprint density at radius 1 is 1.33 bits per heavy atom. The zero-order chi connectivity index (χ0) is 15.5. The number of rotatable bonds is 7. The predicted octanol–water partition coefficient (Wildman–Crippen LogP) is 3.53. The van der Waals surface area contributed by atoms with Crippen LogP contribution in [0.2, 0.25) is 0 Å². The standard InChI is InChI=1S/C16H24N2O3/c1-4-16(5-2)14(17-6-3)11-15(16)21-13-10-8-7-9-12(13)18(19)20/h7-10,14-15,17H,4-6,11H2,1-3H3. The molecule has 5 nitrogen and oxygen atoms in total. The lowest BCUT2D eigenvalue weighted by molar-refractivity contribution is -0.386. The van der Waals surface area contributed by atoms with Gasteiger partial charge in [0.05, 0.1) is 4.92 Å². The monoisotopic (exact) mass is 292 g/mol. The van der Waals surface area contributed by atoms with Crippen LogP contribution in [-0.2, 0) is 0 Å². The first-order valence-electron chi connectivity index (χ1n) is 7.72. The first-order chi connectivity index (χ1) is 10.1. The molecule has 21 heavy (non-hydrogen) atoms. The number of nitro benzene ring substituents is 1. The first kappa shape index (κ1) is 15.8. The Balaban J connectivity index is 2.19. The van der Waals surface area contributed by atoms with Crippen LogP contribution in [0.15, 0.2) is 24.3 Å². The van der Waals surface area contributed by atoms with Crippen LogP contribution in [0, 0.1) is 15.5 Å². The fourth-order valence-corrected chi connectivity index (χ4v) is 3.50. The average molecular weight is 292 g/mol. The van der Waals surface area contributed by atoms with E-state index in [1.807, 2.05) is 0 Å². The van der Waals surface area contributed by atoms with E-state index in [0.29, 0.717) is 11.8 Å². The quantitative estimate of drug-likeness (QED) is 0.617. The summed E-state index contributed by atoms with van der Waals surface area (Å²) in [5, 5.41) is 14.6. The van der Waals surface area contributed by atoms with Crippen LogP contribution < -0.4 is 10.1 Å². The molecular weight excluding hydrogens is 268 g/mol. The fraction of sp³-hybridized carbons (Fsp3) is 0.625. The Labute approximate surface area is 125 Å². The maximum Gasteiger partial charge on any atom is 0.310 e. The molecular formula is C16H24N2O3. The first-order valence-corrected chi connectivity index (χ1v) is 7.72. The Kier molecular flexibility index (Phi) is 4.83. The van der Waals surface area contributed by atoms with Crippen LogP contribution in [-0.4, -0.2) is 23.6 Å². The summed E-state index contributed by atoms with van der Waals surface area (Å²) in [6.07, 6.45) is 2.96. The van der Waals surface area contributed by atoms with E-state index in [0.717, 1.165) is 25.8 Å². The van der Waals surface area contributed by atoms with Gasteiger partial charge in [0, 0.05) is 23.9 Å². The summed E-state index contributed by atoms with van der Waals surface area (Å²) in [5.74, 6) is 0.383. The predicted molar refractivity (Wildman–Crippen MR) is 82.6 cm³/mol. The van der Waals surface area contributed by atoms with Crippen LogP contribution >= 0.6 is 0 Å². The van der Waals surface area contributed by atoms with Crippen LogP contribution in [0.4, 0.5) is 5.69 Å². The van der Waals surface area contributed by atoms with Gasteiger partial charge in [-0.25, -0.2) is 0 Å². The van der Waals surface area contributed by atoms with Crippen LogP contribution in [0.25, 0.3) is 0 Å². The molecule has 0 bridgehead atoms. The van der Waals surface area contributed by atoms with E-state index in [4.69, 9.17) is 4.74 Å². The van der Waals surface area contributed by atoms with Gasteiger partial charge in [0.2, 0.25) is 0 Å². The van der Waals surface area contributed by atoms with Gasteiger partial charge in [0.1, 0.15) is 6.10 Å². The van der Waals surface area contributed by atoms with Gasteiger partial charge in [-0.2, -0.15) is 0 Å². The number of nitro groups is 1. The van der Waals surface area contributed by atoms with Crippen molar-refractivity contribution in [3.8, 4) is 5.75 Å². The molecule has 1 saturated carbocycles. The third-order valence-electron chi connectivity index (χ3n) is 4.88. The molecule has 0 heterocycles. The van der Waals surface area contributed by atoms with Crippen molar-refractivity contribution in [2.24, 2.45) is 5.41 Å². The van der Waals surface area contributed by atoms with Crippen molar-refractivity contribution in [3.63, 3.8) is 0 Å². The number of hydrogen-bond acceptors (Lipinski definition) is 4. The molecule has 1 N–H and O–H groups in total. The second kappa shape index (κ2) is 6.43. The number of benzene rings is 1. The van der Waals surface area contributed by atoms with Crippen molar-refractivity contribution in [2.45, 2.75) is 52.2 Å². The Hall–Kier alpha value is -1.62. The van der Waals surface area contributed by atoms with E-state index in [2.05, 4.69) is 26.1 Å². The summed E-state index contributed by atoms with van der Waals surface area (Å²) in [6.45, 7) is 7.38. The van der Waals surface area contributed by atoms with Gasteiger partial charge >= 0.3 is 5.69 Å². The summed E-state index contributed by atoms with van der Waals surface area (Å²) in [6, 6.07) is 7.07. The second-order valence-corrected chi connectivity index (χ2v) is 5.62. The van der Waals surface area contributed by atoms with Crippen molar-refractivity contribution in [1.29, 1.82) is 0 Å². The van der Waals surface area contributed by atoms with E-state index < -0.39 is 0 Å². The molecule has 1 aliphatic rings. The molecule has 5 heteroatoms. The SMILES string of the molecule is CCNC1CC(Oc2ccccc2[N+](=O)[O-])C1(CC)CC. The molecule has 0 aliphatic heterocycles. The lowest BCUT2D eigenvalue weighted by atomic mass is 9.58. The van der Waals surface area contributed by atoms with Crippen molar-refractivity contribution < 1.29 is 9.66 Å². The summed E-state index contributed by atoms with van der Waals surface area (Å²) in [5.41, 5.74) is 0.116. The molecule has 2 atom stereocenters. The van der Waals surface area contributed by atoms with Gasteiger partial charge in [-0.05, 0) is 25.5 Å². The molecule has 1 aromatic carbocycles. The third-order valence-corrected chi connectivity index (χ3v) is 4.88. The fourth-order valence-electron chi connectivity index (χ4n) is 3.50. The number of ether oxygens (including phenoxy) is 1. The Bertz CT molecular complexity index is 500. The third kappa shape index (κ3) is 2.75. The lowest BCUT2D eigenvalue weighted by Crippen LogP contribution is -2.64. The van der Waals surface area contributed by atoms with Crippen molar-refractivity contribution in [2.75, 3.05) is 6.54 Å². The van der Waals surface area contributed by atoms with Crippen molar-refractivity contribution in [1.82, 2.24) is 5.32 Å². The molecule has 0 amide bonds. The van der Waals surface area contributed by atoms with Crippen molar-refractivity contribution in [3.05, 3.63) is 34.4 Å². The minimum absolute atomic E-state index is 0.0395. The minimum Gasteiger partial charge on any atom is -0.483 e. The van der Waals surface area contributed by atoms with Gasteiger partial charge in [-0.3, -0.25) is 10.1 Å². The highest BCUT2D eigenvalue weighted by molar-refractivity contribution is 5.46. The largest absolute Gasteiger partial charge is 0.483 e. The number of nitrogens with zero attached hydrogens (tertiary/aromatic N) is 1. The van der Waals surface area contributed by atoms with E-state index in [1.54, 1.807) is 18.2 Å². The Morgan fingerprint density at radius 3 is 2.57 bits per heavy atom. The summed E-state index contributed by atoms with van der Waals surface area (Å²) < 4.78 is 6.04. The van der Waals surface area contributed by atoms with E-state index >= 15 is 0 Å². The molecule has 1 aliphatic carbocycles. The highest BCUT2D eigenvalue weighted by Gasteiger charge is 2.54. The summed E-state index contributed by atoms with van der Waals surface area (Å²) in [4.78, 5) is 10.7. The van der Waals surface area contributed by atoms with Gasteiger partial charge in [-0.1, -0.05) is 32.9 Å². The van der Waals surface area contributed by atoms with E-state index in [1.165, 1.54) is 6.07 Å². The number of para-hydroxylation sites is 2. The lowest BCUT2D eigenvalue weighted by Gasteiger charge is -2.55. The van der Waals surface area contributed by atoms with Crippen LogP contribution in [0.3, 0.4) is 0 Å². The molecule has 0 spiro atoms. The molecule has 2 rings (SSSR count). The molecule has 0 radical (unpaired) electrons. The summed E-state index contributed by atoms with van der Waals surface area (Å²) >= 11 is 0. The van der Waals surface area contributed by atoms with Gasteiger partial charge in [0.25, 0.3) is 0 Å². The average Bonchev–Trinajstić information content (AvgIpc) is 2.48. The molecule has 0 saturated heterocycles. The summed E-state index contributed by atoms with van der Waals surface area (Å²) in [7, 11) is 0. The zero-order valence-electron chi connectivity index (χ0n) is 13.0. The Morgan fingerprint density at radius 2 is 2.00 bits per heavy atom. The number of hydrogen-bond donors (Lipinski definition) is 1. The van der Waals surface area contributed by atoms with Crippen LogP contribution in [0.5, 0.6) is 5.75 Å². The molecule has 0 aromatic heterocycles. The van der Waals surface area contributed by atoms with Gasteiger partial charge < -0.3 is 10.1 Å². The maximum atomic E-state index is 11.1. The van der Waals surface area contributed by atoms with E-state index in [-0.39, 0.29) is 22.1 Å². The normalized spacial score (nSPS) is 23.4. The van der Waals surface area contributed by atoms with Crippen molar-refractivity contribution >= 4 is 5.69 Å². The number of nitrogens with one attached hydrogen (secondary N) is 1. The van der Waals surface area contributed by atoms with Gasteiger partial charge in [-0.15, -0.1) is 0 Å².